The molecule has 3 aliphatic rings. The first-order chi connectivity index (χ1) is 27.0. The molecule has 1 aromatic heterocycles. The van der Waals surface area contributed by atoms with Crippen LogP contribution in [0.3, 0.4) is 0 Å². The average molecular weight is 773 g/mol. The van der Waals surface area contributed by atoms with Gasteiger partial charge in [0.2, 0.25) is 0 Å². The van der Waals surface area contributed by atoms with E-state index in [0.29, 0.717) is 29.9 Å². The summed E-state index contributed by atoms with van der Waals surface area (Å²) >= 11 is 0. The van der Waals surface area contributed by atoms with Crippen LogP contribution in [0, 0.1) is 17.1 Å². The van der Waals surface area contributed by atoms with Crippen LogP contribution in [0.4, 0.5) is 23.4 Å². The number of rotatable bonds is 11. The van der Waals surface area contributed by atoms with Crippen molar-refractivity contribution in [3.63, 3.8) is 0 Å². The van der Waals surface area contributed by atoms with Gasteiger partial charge in [-0.15, -0.1) is 0 Å². The number of nitrogens with one attached hydrogen (secondary N) is 1. The number of fused-ring (bicyclic) bond motifs is 1. The maximum Gasteiger partial charge on any atom is 0.416 e. The summed E-state index contributed by atoms with van der Waals surface area (Å²) in [5, 5.41) is 17.4. The molecule has 2 saturated heterocycles. The van der Waals surface area contributed by atoms with Crippen LogP contribution in [0.2, 0.25) is 0 Å². The first kappa shape index (κ1) is 38.6. The fourth-order valence-electron chi connectivity index (χ4n) is 7.53. The van der Waals surface area contributed by atoms with Gasteiger partial charge in [0.1, 0.15) is 24.2 Å². The molecule has 4 aromatic rings. The monoisotopic (exact) mass is 772 g/mol. The highest BCUT2D eigenvalue weighted by Gasteiger charge is 2.48. The van der Waals surface area contributed by atoms with Crippen molar-refractivity contribution in [2.75, 3.05) is 70.5 Å². The number of anilines is 1. The summed E-state index contributed by atoms with van der Waals surface area (Å²) in [6.07, 6.45) is -4.72. The second-order valence-corrected chi connectivity index (χ2v) is 13.9. The third-order valence-corrected chi connectivity index (χ3v) is 10.6. The highest BCUT2D eigenvalue weighted by atomic mass is 19.4. The number of amides is 3. The molecule has 2 fully saturated rings. The zero-order valence-electron chi connectivity index (χ0n) is 30.6. The number of hydrogen-bond donors (Lipinski definition) is 1. The molecule has 4 heterocycles. The molecule has 12 nitrogen and oxygen atoms in total. The summed E-state index contributed by atoms with van der Waals surface area (Å²) in [6, 6.07) is 18.9. The topological polar surface area (TPSA) is 127 Å². The van der Waals surface area contributed by atoms with Gasteiger partial charge in [-0.25, -0.2) is 9.07 Å². The number of hydrogen-bond acceptors (Lipinski definition) is 8. The Morgan fingerprint density at radius 2 is 1.71 bits per heavy atom. The third kappa shape index (κ3) is 7.75. The van der Waals surface area contributed by atoms with E-state index in [9.17, 15) is 37.2 Å². The molecule has 16 heteroatoms. The number of nitriles is 1. The van der Waals surface area contributed by atoms with E-state index in [2.05, 4.69) is 21.2 Å². The second-order valence-electron chi connectivity index (χ2n) is 13.9. The Morgan fingerprint density at radius 1 is 1.00 bits per heavy atom. The Bertz CT molecular complexity index is 2110. The molecular formula is C40H40F4N8O4. The molecule has 0 saturated carbocycles. The Morgan fingerprint density at radius 3 is 2.34 bits per heavy atom. The summed E-state index contributed by atoms with van der Waals surface area (Å²) in [5.74, 6) is -3.66. The smallest absolute Gasteiger partial charge is 0.378 e. The number of alkyl halides is 3. The maximum atomic E-state index is 14.8. The molecule has 0 radical (unpaired) electrons. The molecule has 56 heavy (non-hydrogen) atoms. The minimum atomic E-state index is -4.72. The molecular weight excluding hydrogens is 732 g/mol. The van der Waals surface area contributed by atoms with Crippen molar-refractivity contribution in [3.8, 4) is 11.8 Å². The summed E-state index contributed by atoms with van der Waals surface area (Å²) in [5.41, 5.74) is -0.378. The lowest BCUT2D eigenvalue weighted by Crippen LogP contribution is -2.57. The van der Waals surface area contributed by atoms with E-state index < -0.39 is 47.2 Å². The van der Waals surface area contributed by atoms with Crippen LogP contribution in [-0.4, -0.2) is 120 Å². The van der Waals surface area contributed by atoms with Crippen LogP contribution in [0.25, 0.3) is 5.69 Å². The van der Waals surface area contributed by atoms with E-state index in [1.54, 1.807) is 37.3 Å². The normalized spacial score (nSPS) is 19.2. The largest absolute Gasteiger partial charge is 0.416 e. The van der Waals surface area contributed by atoms with E-state index in [-0.39, 0.29) is 42.3 Å². The molecule has 7 rings (SSSR count). The van der Waals surface area contributed by atoms with Crippen molar-refractivity contribution in [2.24, 2.45) is 0 Å². The van der Waals surface area contributed by atoms with E-state index in [4.69, 9.17) is 9.84 Å². The second kappa shape index (κ2) is 16.2. The van der Waals surface area contributed by atoms with Gasteiger partial charge in [0.05, 0.1) is 36.6 Å². The van der Waals surface area contributed by atoms with Gasteiger partial charge in [-0.2, -0.15) is 23.5 Å². The van der Waals surface area contributed by atoms with Crippen LogP contribution < -0.4 is 10.2 Å². The van der Waals surface area contributed by atoms with Gasteiger partial charge in [0.15, 0.2) is 5.69 Å². The average Bonchev–Trinajstić information content (AvgIpc) is 3.57. The van der Waals surface area contributed by atoms with Gasteiger partial charge in [-0.1, -0.05) is 36.4 Å². The number of nitrogens with zero attached hydrogens (tertiary/aromatic N) is 7. The summed E-state index contributed by atoms with van der Waals surface area (Å²) < 4.78 is 62.1. The van der Waals surface area contributed by atoms with Gasteiger partial charge < -0.3 is 15.0 Å². The van der Waals surface area contributed by atoms with Gasteiger partial charge in [0, 0.05) is 62.9 Å². The van der Waals surface area contributed by atoms with Gasteiger partial charge in [-0.3, -0.25) is 29.1 Å². The highest BCUT2D eigenvalue weighted by molar-refractivity contribution is 6.07. The Labute approximate surface area is 320 Å². The van der Waals surface area contributed by atoms with E-state index in [1.165, 1.54) is 44.8 Å². The van der Waals surface area contributed by atoms with Crippen molar-refractivity contribution in [1.82, 2.24) is 29.8 Å². The van der Waals surface area contributed by atoms with Crippen molar-refractivity contribution in [2.45, 2.75) is 31.1 Å². The predicted octanol–water partition coefficient (Wildman–Crippen LogP) is 4.31. The van der Waals surface area contributed by atoms with Crippen molar-refractivity contribution in [1.29, 1.82) is 5.26 Å². The molecule has 0 aliphatic carbocycles. The standard InChI is InChI=1S/C40H40F4N8O4/c1-2-51-37-33(32(26-11-13-29(41)14-12-26)34(39(51)55)46-36(53)27-7-6-8-28(23-27)40(42,43)44)35(47-52(37)30-9-4-3-5-10-30)38(54)50(16-15-45)22-19-48-17-20-49(21-18-48)31-24-56-25-31/h3-14,23,31-32,34H,2,16-22,24-25H2,1H3,(H,46,53)/t32-,34-/m0/s1. The summed E-state index contributed by atoms with van der Waals surface area (Å²) in [4.78, 5) is 50.5. The van der Waals surface area contributed by atoms with Crippen LogP contribution in [0.5, 0.6) is 0 Å². The lowest BCUT2D eigenvalue weighted by Gasteiger charge is -2.42. The lowest BCUT2D eigenvalue weighted by atomic mass is 9.80. The number of aromatic nitrogens is 2. The number of halogens is 4. The zero-order valence-corrected chi connectivity index (χ0v) is 30.6. The highest BCUT2D eigenvalue weighted by Crippen LogP contribution is 2.44. The minimum absolute atomic E-state index is 0.0604. The number of carbonyl (C=O) groups is 3. The molecule has 0 unspecified atom stereocenters. The summed E-state index contributed by atoms with van der Waals surface area (Å²) in [7, 11) is 0. The van der Waals surface area contributed by atoms with Gasteiger partial charge in [-0.05, 0) is 55.0 Å². The number of piperazine rings is 1. The van der Waals surface area contributed by atoms with Gasteiger partial charge in [0.25, 0.3) is 17.7 Å². The third-order valence-electron chi connectivity index (χ3n) is 10.6. The van der Waals surface area contributed by atoms with Crippen LogP contribution in [0.1, 0.15) is 50.4 Å². The Balaban J connectivity index is 1.30. The van der Waals surface area contributed by atoms with Crippen LogP contribution >= 0.6 is 0 Å². The first-order valence-corrected chi connectivity index (χ1v) is 18.4. The molecule has 3 aromatic carbocycles. The quantitative estimate of drug-likeness (QED) is 0.177. The number of likely N-dealkylation sites (N-methyl/N-ethyl adjacent to an activating group) is 1. The number of benzene rings is 3. The molecule has 0 bridgehead atoms. The number of ether oxygens (including phenoxy) is 1. The minimum Gasteiger partial charge on any atom is -0.378 e. The van der Waals surface area contributed by atoms with Crippen molar-refractivity contribution < 1.29 is 36.7 Å². The van der Waals surface area contributed by atoms with Crippen molar-refractivity contribution >= 4 is 23.5 Å². The fourth-order valence-corrected chi connectivity index (χ4v) is 7.53. The summed E-state index contributed by atoms with van der Waals surface area (Å²) in [6.45, 7) is 6.87. The Kier molecular flexibility index (Phi) is 11.2. The predicted molar refractivity (Wildman–Crippen MR) is 197 cm³/mol. The molecule has 3 aliphatic heterocycles. The zero-order chi connectivity index (χ0) is 39.6. The Hall–Kier alpha value is -5.63. The van der Waals surface area contributed by atoms with E-state index in [0.717, 1.165) is 51.5 Å². The molecule has 3 amide bonds. The number of para-hydroxylation sites is 1. The molecule has 1 N–H and O–H groups in total. The maximum absolute atomic E-state index is 14.8. The molecule has 0 spiro atoms. The number of carbonyl (C=O) groups excluding carboxylic acids is 3. The van der Waals surface area contributed by atoms with Gasteiger partial charge >= 0.3 is 6.18 Å². The SMILES string of the molecule is CCN1C(=O)[C@@H](NC(=O)c2cccc(C(F)(F)F)c2)[C@@H](c2ccc(F)cc2)c2c(C(=O)N(CC#N)CCN3CCN(C4COC4)CC3)nn(-c3ccccc3)c21. The fraction of sp³-hybridized carbons (Fsp3) is 0.375. The van der Waals surface area contributed by atoms with Crippen LogP contribution in [0.15, 0.2) is 78.9 Å². The lowest BCUT2D eigenvalue weighted by molar-refractivity contribution is -0.137. The first-order valence-electron chi connectivity index (χ1n) is 18.4. The van der Waals surface area contributed by atoms with E-state index >= 15 is 0 Å². The molecule has 2 atom stereocenters. The van der Waals surface area contributed by atoms with Crippen molar-refractivity contribution in [3.05, 3.63) is 113 Å². The molecule has 292 valence electrons. The van der Waals surface area contributed by atoms with Crippen LogP contribution in [-0.2, 0) is 15.7 Å². The van der Waals surface area contributed by atoms with E-state index in [1.807, 2.05) is 0 Å².